The number of hydrogen-bond donors (Lipinski definition) is 3. The van der Waals surface area contributed by atoms with Gasteiger partial charge in [-0.25, -0.2) is 9.59 Å². The van der Waals surface area contributed by atoms with Gasteiger partial charge in [0.05, 0.1) is 0 Å². The van der Waals surface area contributed by atoms with E-state index in [0.29, 0.717) is 6.54 Å². The first-order valence-corrected chi connectivity index (χ1v) is 6.44. The van der Waals surface area contributed by atoms with Crippen molar-refractivity contribution in [2.45, 2.75) is 52.5 Å². The van der Waals surface area contributed by atoms with Gasteiger partial charge >= 0.3 is 12.0 Å². The third-order valence-electron chi connectivity index (χ3n) is 3.37. The molecule has 0 radical (unpaired) electrons. The molecule has 5 heteroatoms. The molecule has 1 aliphatic carbocycles. The molecule has 0 bridgehead atoms. The van der Waals surface area contributed by atoms with Crippen molar-refractivity contribution >= 4 is 12.0 Å². The molecule has 0 aromatic carbocycles. The summed E-state index contributed by atoms with van der Waals surface area (Å²) >= 11 is 0. The smallest absolute Gasteiger partial charge is 0.329 e. The van der Waals surface area contributed by atoms with Gasteiger partial charge in [-0.05, 0) is 37.5 Å². The number of hydrogen-bond acceptors (Lipinski definition) is 2. The van der Waals surface area contributed by atoms with Crippen molar-refractivity contribution in [3.8, 4) is 0 Å². The van der Waals surface area contributed by atoms with E-state index in [1.54, 1.807) is 6.92 Å². The molecule has 1 aliphatic rings. The summed E-state index contributed by atoms with van der Waals surface area (Å²) in [4.78, 5) is 22.9. The van der Waals surface area contributed by atoms with Gasteiger partial charge in [0.25, 0.3) is 0 Å². The summed E-state index contributed by atoms with van der Waals surface area (Å²) in [6, 6.07) is -0.393. The molecule has 1 unspecified atom stereocenters. The van der Waals surface area contributed by atoms with Crippen LogP contribution < -0.4 is 10.6 Å². The second kappa shape index (κ2) is 5.16. The molecule has 0 saturated heterocycles. The van der Waals surface area contributed by atoms with E-state index in [1.807, 2.05) is 0 Å². The number of aliphatic carboxylic acids is 1. The van der Waals surface area contributed by atoms with E-state index >= 15 is 0 Å². The average Bonchev–Trinajstić information content (AvgIpc) is 2.97. The SMILES string of the molecule is CC(C)(C)CCNC(=O)NC(C)(C(=O)O)C1CC1. The molecule has 0 aliphatic heterocycles. The molecule has 1 rings (SSSR count). The number of amides is 2. The molecule has 1 saturated carbocycles. The highest BCUT2D eigenvalue weighted by atomic mass is 16.4. The van der Waals surface area contributed by atoms with Gasteiger partial charge < -0.3 is 15.7 Å². The fourth-order valence-electron chi connectivity index (χ4n) is 1.82. The minimum atomic E-state index is -1.13. The Morgan fingerprint density at radius 3 is 2.17 bits per heavy atom. The summed E-state index contributed by atoms with van der Waals surface area (Å²) < 4.78 is 0. The lowest BCUT2D eigenvalue weighted by Crippen LogP contribution is -2.56. The van der Waals surface area contributed by atoms with Gasteiger partial charge in [-0.3, -0.25) is 0 Å². The number of nitrogens with one attached hydrogen (secondary N) is 2. The zero-order valence-electron chi connectivity index (χ0n) is 11.7. The Morgan fingerprint density at radius 2 is 1.78 bits per heavy atom. The Kier molecular flexibility index (Phi) is 4.24. The minimum Gasteiger partial charge on any atom is -0.480 e. The summed E-state index contributed by atoms with van der Waals surface area (Å²) in [5, 5.41) is 14.5. The second-order valence-corrected chi connectivity index (χ2v) is 6.47. The quantitative estimate of drug-likeness (QED) is 0.703. The number of carbonyl (C=O) groups excluding carboxylic acids is 1. The highest BCUT2D eigenvalue weighted by Crippen LogP contribution is 2.39. The van der Waals surface area contributed by atoms with Gasteiger partial charge in [0, 0.05) is 6.54 Å². The van der Waals surface area contributed by atoms with Crippen molar-refractivity contribution in [1.82, 2.24) is 10.6 Å². The van der Waals surface area contributed by atoms with Crippen molar-refractivity contribution in [1.29, 1.82) is 0 Å². The van der Waals surface area contributed by atoms with E-state index in [1.165, 1.54) is 0 Å². The molecule has 2 amide bonds. The second-order valence-electron chi connectivity index (χ2n) is 6.47. The minimum absolute atomic E-state index is 0.0587. The third kappa shape index (κ3) is 4.20. The highest BCUT2D eigenvalue weighted by Gasteiger charge is 2.48. The lowest BCUT2D eigenvalue weighted by atomic mass is 9.92. The van der Waals surface area contributed by atoms with Gasteiger partial charge in [0.1, 0.15) is 5.54 Å². The molecule has 5 nitrogen and oxygen atoms in total. The summed E-state index contributed by atoms with van der Waals surface area (Å²) in [7, 11) is 0. The zero-order chi connectivity index (χ0) is 14.0. The van der Waals surface area contributed by atoms with Crippen LogP contribution in [0.3, 0.4) is 0 Å². The van der Waals surface area contributed by atoms with Crippen LogP contribution in [0.1, 0.15) is 47.0 Å². The van der Waals surface area contributed by atoms with E-state index in [2.05, 4.69) is 31.4 Å². The first kappa shape index (κ1) is 14.8. The van der Waals surface area contributed by atoms with Crippen molar-refractivity contribution in [3.63, 3.8) is 0 Å². The Labute approximate surface area is 108 Å². The molecular formula is C13H24N2O3. The molecule has 0 aromatic rings. The van der Waals surface area contributed by atoms with Crippen LogP contribution >= 0.6 is 0 Å². The maximum absolute atomic E-state index is 11.7. The molecule has 0 spiro atoms. The van der Waals surface area contributed by atoms with Gasteiger partial charge in [-0.1, -0.05) is 20.8 Å². The van der Waals surface area contributed by atoms with Crippen molar-refractivity contribution in [2.24, 2.45) is 11.3 Å². The normalized spacial score (nSPS) is 18.9. The lowest BCUT2D eigenvalue weighted by Gasteiger charge is -2.26. The van der Waals surface area contributed by atoms with Crippen LogP contribution in [-0.2, 0) is 4.79 Å². The van der Waals surface area contributed by atoms with E-state index < -0.39 is 17.5 Å². The summed E-state index contributed by atoms with van der Waals surface area (Å²) in [6.07, 6.45) is 2.59. The zero-order valence-corrected chi connectivity index (χ0v) is 11.7. The van der Waals surface area contributed by atoms with E-state index in [4.69, 9.17) is 0 Å². The van der Waals surface area contributed by atoms with E-state index in [9.17, 15) is 14.7 Å². The van der Waals surface area contributed by atoms with E-state index in [0.717, 1.165) is 19.3 Å². The topological polar surface area (TPSA) is 78.4 Å². The number of carbonyl (C=O) groups is 2. The maximum atomic E-state index is 11.7. The maximum Gasteiger partial charge on any atom is 0.329 e. The largest absolute Gasteiger partial charge is 0.480 e. The molecular weight excluding hydrogens is 232 g/mol. The highest BCUT2D eigenvalue weighted by molar-refractivity contribution is 5.86. The van der Waals surface area contributed by atoms with Crippen LogP contribution in [0.25, 0.3) is 0 Å². The number of carboxylic acids is 1. The summed E-state index contributed by atoms with van der Waals surface area (Å²) in [5.74, 6) is -0.903. The van der Waals surface area contributed by atoms with Crippen LogP contribution in [0.5, 0.6) is 0 Å². The molecule has 0 aromatic heterocycles. The molecule has 0 heterocycles. The van der Waals surface area contributed by atoms with Crippen LogP contribution in [0.4, 0.5) is 4.79 Å². The van der Waals surface area contributed by atoms with Crippen molar-refractivity contribution < 1.29 is 14.7 Å². The fraction of sp³-hybridized carbons (Fsp3) is 0.846. The first-order valence-electron chi connectivity index (χ1n) is 6.44. The molecule has 18 heavy (non-hydrogen) atoms. The first-order chi connectivity index (χ1) is 8.15. The van der Waals surface area contributed by atoms with Crippen LogP contribution in [-0.4, -0.2) is 29.2 Å². The standard InChI is InChI=1S/C13H24N2O3/c1-12(2,3)7-8-14-11(18)15-13(4,10(16)17)9-5-6-9/h9H,5-8H2,1-4H3,(H,16,17)(H2,14,15,18). The van der Waals surface area contributed by atoms with Crippen LogP contribution in [0, 0.1) is 11.3 Å². The van der Waals surface area contributed by atoms with Crippen molar-refractivity contribution in [3.05, 3.63) is 0 Å². The van der Waals surface area contributed by atoms with Gasteiger partial charge in [-0.15, -0.1) is 0 Å². The fourth-order valence-corrected chi connectivity index (χ4v) is 1.82. The molecule has 1 atom stereocenters. The van der Waals surface area contributed by atoms with Gasteiger partial charge in [0.15, 0.2) is 0 Å². The van der Waals surface area contributed by atoms with Gasteiger partial charge in [0.2, 0.25) is 0 Å². The predicted octanol–water partition coefficient (Wildman–Crippen LogP) is 1.98. The summed E-state index contributed by atoms with van der Waals surface area (Å²) in [5.41, 5.74) is -0.980. The summed E-state index contributed by atoms with van der Waals surface area (Å²) in [6.45, 7) is 8.42. The lowest BCUT2D eigenvalue weighted by molar-refractivity contribution is -0.144. The third-order valence-corrected chi connectivity index (χ3v) is 3.37. The van der Waals surface area contributed by atoms with Crippen LogP contribution in [0.15, 0.2) is 0 Å². The van der Waals surface area contributed by atoms with Crippen molar-refractivity contribution in [2.75, 3.05) is 6.54 Å². The Hall–Kier alpha value is -1.26. The molecule has 104 valence electrons. The number of rotatable bonds is 5. The Bertz CT molecular complexity index is 332. The van der Waals surface area contributed by atoms with Gasteiger partial charge in [-0.2, -0.15) is 0 Å². The number of carboxylic acid groups (broad SMARTS) is 1. The molecule has 1 fully saturated rings. The number of urea groups is 1. The van der Waals surface area contributed by atoms with Crippen LogP contribution in [0.2, 0.25) is 0 Å². The molecule has 3 N–H and O–H groups in total. The average molecular weight is 256 g/mol. The monoisotopic (exact) mass is 256 g/mol. The Morgan fingerprint density at radius 1 is 1.22 bits per heavy atom. The predicted molar refractivity (Wildman–Crippen MR) is 69.4 cm³/mol. The Balaban J connectivity index is 2.41. The van der Waals surface area contributed by atoms with E-state index in [-0.39, 0.29) is 11.3 Å².